The number of nitrogens with one attached hydrogen (secondary N) is 1. The molecule has 0 unspecified atom stereocenters. The molecule has 0 bridgehead atoms. The molecule has 0 amide bonds. The van der Waals surface area contributed by atoms with E-state index in [1.165, 1.54) is 24.1 Å². The summed E-state index contributed by atoms with van der Waals surface area (Å²) in [6.07, 6.45) is 1.24. The predicted molar refractivity (Wildman–Crippen MR) is 68.5 cm³/mol. The highest BCUT2D eigenvalue weighted by molar-refractivity contribution is 5.25. The maximum atomic E-state index is 3.36. The van der Waals surface area contributed by atoms with Gasteiger partial charge in [-0.25, -0.2) is 0 Å². The average Bonchev–Trinajstić information content (AvgIpc) is 2.19. The molecular formula is C14H22N2. The van der Waals surface area contributed by atoms with E-state index in [0.717, 1.165) is 25.7 Å². The van der Waals surface area contributed by atoms with E-state index in [1.807, 2.05) is 0 Å². The molecule has 0 aromatic heterocycles. The minimum Gasteiger partial charge on any atom is -0.314 e. The van der Waals surface area contributed by atoms with Gasteiger partial charge >= 0.3 is 0 Å². The van der Waals surface area contributed by atoms with Gasteiger partial charge in [-0.05, 0) is 31.0 Å². The summed E-state index contributed by atoms with van der Waals surface area (Å²) in [5.74, 6) is 0. The van der Waals surface area contributed by atoms with Crippen molar-refractivity contribution < 1.29 is 0 Å². The van der Waals surface area contributed by atoms with Crippen molar-refractivity contribution in [3.63, 3.8) is 0 Å². The summed E-state index contributed by atoms with van der Waals surface area (Å²) >= 11 is 0. The zero-order chi connectivity index (χ0) is 11.4. The minimum absolute atomic E-state index is 0.750. The topological polar surface area (TPSA) is 15.3 Å². The van der Waals surface area contributed by atoms with Crippen LogP contribution in [-0.4, -0.2) is 30.6 Å². The minimum atomic E-state index is 0.750. The molecule has 1 heterocycles. The Morgan fingerprint density at radius 3 is 2.62 bits per heavy atom. The summed E-state index contributed by atoms with van der Waals surface area (Å²) in [5, 5.41) is 3.36. The van der Waals surface area contributed by atoms with Crippen molar-refractivity contribution in [2.45, 2.75) is 32.9 Å². The van der Waals surface area contributed by atoms with Gasteiger partial charge in [-0.15, -0.1) is 0 Å². The third-order valence-electron chi connectivity index (χ3n) is 3.42. The molecule has 1 N–H and O–H groups in total. The first-order valence-electron chi connectivity index (χ1n) is 6.30. The summed E-state index contributed by atoms with van der Waals surface area (Å²) in [4.78, 5) is 2.61. The summed E-state index contributed by atoms with van der Waals surface area (Å²) < 4.78 is 0. The maximum Gasteiger partial charge on any atom is 0.0348 e. The second-order valence-corrected chi connectivity index (χ2v) is 4.71. The predicted octanol–water partition coefficient (Wildman–Crippen LogP) is 2.18. The molecular weight excluding hydrogens is 196 g/mol. The van der Waals surface area contributed by atoms with Gasteiger partial charge in [0.15, 0.2) is 0 Å². The van der Waals surface area contributed by atoms with Crippen molar-refractivity contribution >= 4 is 0 Å². The van der Waals surface area contributed by atoms with Crippen molar-refractivity contribution in [3.8, 4) is 0 Å². The Morgan fingerprint density at radius 2 is 2.06 bits per heavy atom. The van der Waals surface area contributed by atoms with Crippen LogP contribution in [0.15, 0.2) is 24.3 Å². The van der Waals surface area contributed by atoms with Crippen LogP contribution < -0.4 is 5.32 Å². The van der Waals surface area contributed by atoms with Crippen LogP contribution in [0.5, 0.6) is 0 Å². The fraction of sp³-hybridized carbons (Fsp3) is 0.571. The molecule has 2 rings (SSSR count). The molecule has 0 aliphatic carbocycles. The van der Waals surface area contributed by atoms with Crippen LogP contribution in [0.1, 0.15) is 24.5 Å². The van der Waals surface area contributed by atoms with Crippen molar-refractivity contribution in [2.75, 3.05) is 19.6 Å². The molecule has 1 fully saturated rings. The summed E-state index contributed by atoms with van der Waals surface area (Å²) in [6, 6.07) is 9.47. The molecule has 88 valence electrons. The average molecular weight is 218 g/mol. The van der Waals surface area contributed by atoms with Crippen LogP contribution >= 0.6 is 0 Å². The fourth-order valence-electron chi connectivity index (χ4n) is 2.22. The quantitative estimate of drug-likeness (QED) is 0.815. The van der Waals surface area contributed by atoms with E-state index < -0.39 is 0 Å². The highest BCUT2D eigenvalue weighted by atomic mass is 15.2. The highest BCUT2D eigenvalue weighted by Crippen LogP contribution is 2.14. The van der Waals surface area contributed by atoms with Crippen LogP contribution in [-0.2, 0) is 6.54 Å². The normalized spacial score (nSPS) is 16.4. The van der Waals surface area contributed by atoms with Crippen molar-refractivity contribution in [1.29, 1.82) is 0 Å². The van der Waals surface area contributed by atoms with E-state index in [0.29, 0.717) is 0 Å². The lowest BCUT2D eigenvalue weighted by atomic mass is 10.1. The number of hydrogen-bond acceptors (Lipinski definition) is 2. The molecule has 2 nitrogen and oxygen atoms in total. The zero-order valence-electron chi connectivity index (χ0n) is 10.4. The first kappa shape index (κ1) is 11.6. The number of benzene rings is 1. The Hall–Kier alpha value is -0.860. The van der Waals surface area contributed by atoms with E-state index in [9.17, 15) is 0 Å². The molecule has 1 saturated heterocycles. The van der Waals surface area contributed by atoms with Crippen LogP contribution in [0.3, 0.4) is 0 Å². The lowest BCUT2D eigenvalue weighted by molar-refractivity contribution is 0.137. The van der Waals surface area contributed by atoms with Gasteiger partial charge in [-0.3, -0.25) is 4.90 Å². The lowest BCUT2D eigenvalue weighted by Crippen LogP contribution is -2.57. The van der Waals surface area contributed by atoms with Gasteiger partial charge < -0.3 is 5.32 Å². The first-order valence-corrected chi connectivity index (χ1v) is 6.30. The summed E-state index contributed by atoms with van der Waals surface area (Å²) in [6.45, 7) is 9.10. The third-order valence-corrected chi connectivity index (χ3v) is 3.42. The summed E-state index contributed by atoms with van der Waals surface area (Å²) in [5.41, 5.74) is 2.89. The largest absolute Gasteiger partial charge is 0.314 e. The van der Waals surface area contributed by atoms with Gasteiger partial charge in [0.05, 0.1) is 0 Å². The van der Waals surface area contributed by atoms with E-state index in [2.05, 4.69) is 48.3 Å². The molecule has 16 heavy (non-hydrogen) atoms. The molecule has 1 aromatic carbocycles. The number of rotatable bonds is 5. The molecule has 2 heteroatoms. The smallest absolute Gasteiger partial charge is 0.0348 e. The standard InChI is InChI=1S/C14H22N2/c1-3-8-16(14-9-15-10-14)11-13-7-5-4-6-12(13)2/h4-7,14-15H,3,8-11H2,1-2H3. The van der Waals surface area contributed by atoms with Gasteiger partial charge in [-0.2, -0.15) is 0 Å². The van der Waals surface area contributed by atoms with Crippen molar-refractivity contribution in [3.05, 3.63) is 35.4 Å². The Labute approximate surface area is 98.7 Å². The van der Waals surface area contributed by atoms with Crippen molar-refractivity contribution in [2.24, 2.45) is 0 Å². The molecule has 1 aliphatic heterocycles. The lowest BCUT2D eigenvalue weighted by Gasteiger charge is -2.38. The van der Waals surface area contributed by atoms with Gasteiger partial charge in [0.2, 0.25) is 0 Å². The van der Waals surface area contributed by atoms with E-state index in [-0.39, 0.29) is 0 Å². The Balaban J connectivity index is 2.01. The van der Waals surface area contributed by atoms with Crippen LogP contribution in [0, 0.1) is 6.92 Å². The summed E-state index contributed by atoms with van der Waals surface area (Å²) in [7, 11) is 0. The Kier molecular flexibility index (Phi) is 3.97. The van der Waals surface area contributed by atoms with E-state index >= 15 is 0 Å². The van der Waals surface area contributed by atoms with E-state index in [1.54, 1.807) is 0 Å². The number of aryl methyl sites for hydroxylation is 1. The second-order valence-electron chi connectivity index (χ2n) is 4.71. The monoisotopic (exact) mass is 218 g/mol. The maximum absolute atomic E-state index is 3.36. The van der Waals surface area contributed by atoms with Gasteiger partial charge in [0.1, 0.15) is 0 Å². The van der Waals surface area contributed by atoms with Gasteiger partial charge in [-0.1, -0.05) is 31.2 Å². The number of hydrogen-bond donors (Lipinski definition) is 1. The number of nitrogens with zero attached hydrogens (tertiary/aromatic N) is 1. The molecule has 0 spiro atoms. The second kappa shape index (κ2) is 5.46. The van der Waals surface area contributed by atoms with Crippen LogP contribution in [0.25, 0.3) is 0 Å². The molecule has 1 aromatic rings. The highest BCUT2D eigenvalue weighted by Gasteiger charge is 2.23. The van der Waals surface area contributed by atoms with Gasteiger partial charge in [0.25, 0.3) is 0 Å². The SMILES string of the molecule is CCCN(Cc1ccccc1C)C1CNC1. The molecule has 1 aliphatic rings. The van der Waals surface area contributed by atoms with Gasteiger partial charge in [0, 0.05) is 25.7 Å². The zero-order valence-corrected chi connectivity index (χ0v) is 10.4. The molecule has 0 radical (unpaired) electrons. The third kappa shape index (κ3) is 2.63. The molecule has 0 atom stereocenters. The Bertz CT molecular complexity index is 331. The van der Waals surface area contributed by atoms with E-state index in [4.69, 9.17) is 0 Å². The Morgan fingerprint density at radius 1 is 1.31 bits per heavy atom. The van der Waals surface area contributed by atoms with Crippen LogP contribution in [0.2, 0.25) is 0 Å². The van der Waals surface area contributed by atoms with Crippen molar-refractivity contribution in [1.82, 2.24) is 10.2 Å². The van der Waals surface area contributed by atoms with Crippen LogP contribution in [0.4, 0.5) is 0 Å². The molecule has 0 saturated carbocycles. The first-order chi connectivity index (χ1) is 7.81. The fourth-order valence-corrected chi connectivity index (χ4v) is 2.22.